The highest BCUT2D eigenvalue weighted by molar-refractivity contribution is 5.94. The molecule has 1 atom stereocenters. The summed E-state index contributed by atoms with van der Waals surface area (Å²) in [7, 11) is 0. The molecule has 0 bridgehead atoms. The first-order valence-corrected chi connectivity index (χ1v) is 8.52. The summed E-state index contributed by atoms with van der Waals surface area (Å²) in [5, 5.41) is 11.9. The third kappa shape index (κ3) is 2.63. The molecule has 128 valence electrons. The maximum Gasteiger partial charge on any atom is 0.226 e. The standard InChI is InChI=1S/C19H21N5O/c1-12(2)24-19-16(11-21-24)14(10-18(25)22-19)15-9-13(3)5-6-17(15)23-8-4-7-20-23/h4-9,11-12,14H,10H2,1-3H3,(H,22,25). The van der Waals surface area contributed by atoms with Crippen LogP contribution in [0.2, 0.25) is 0 Å². The highest BCUT2D eigenvalue weighted by atomic mass is 16.1. The van der Waals surface area contributed by atoms with Crippen molar-refractivity contribution in [3.63, 3.8) is 0 Å². The van der Waals surface area contributed by atoms with E-state index < -0.39 is 0 Å². The lowest BCUT2D eigenvalue weighted by Crippen LogP contribution is -2.26. The number of carbonyl (C=O) groups excluding carboxylic acids is 1. The number of aryl methyl sites for hydroxylation is 1. The second kappa shape index (κ2) is 5.88. The van der Waals surface area contributed by atoms with Crippen LogP contribution in [-0.2, 0) is 4.79 Å². The molecule has 4 rings (SSSR count). The third-order valence-corrected chi connectivity index (χ3v) is 4.65. The van der Waals surface area contributed by atoms with Crippen molar-refractivity contribution in [2.45, 2.75) is 39.2 Å². The Morgan fingerprint density at radius 2 is 2.08 bits per heavy atom. The number of aromatic nitrogens is 4. The summed E-state index contributed by atoms with van der Waals surface area (Å²) >= 11 is 0. The molecule has 0 saturated heterocycles. The summed E-state index contributed by atoms with van der Waals surface area (Å²) in [6.07, 6.45) is 5.98. The van der Waals surface area contributed by atoms with Gasteiger partial charge in [-0.25, -0.2) is 9.36 Å². The van der Waals surface area contributed by atoms with Crippen molar-refractivity contribution in [3.8, 4) is 5.69 Å². The van der Waals surface area contributed by atoms with E-state index in [1.165, 1.54) is 0 Å². The number of nitrogens with one attached hydrogen (secondary N) is 1. The topological polar surface area (TPSA) is 64.7 Å². The van der Waals surface area contributed by atoms with Gasteiger partial charge in [0.15, 0.2) is 0 Å². The minimum absolute atomic E-state index is 0.0211. The Labute approximate surface area is 146 Å². The molecule has 6 nitrogen and oxygen atoms in total. The molecule has 1 aromatic carbocycles. The lowest BCUT2D eigenvalue weighted by Gasteiger charge is -2.26. The van der Waals surface area contributed by atoms with Crippen LogP contribution in [0.5, 0.6) is 0 Å². The molecule has 0 fully saturated rings. The van der Waals surface area contributed by atoms with E-state index in [1.54, 1.807) is 6.20 Å². The fraction of sp³-hybridized carbons (Fsp3) is 0.316. The summed E-state index contributed by atoms with van der Waals surface area (Å²) in [6.45, 7) is 6.19. The Morgan fingerprint density at radius 1 is 1.24 bits per heavy atom. The van der Waals surface area contributed by atoms with Crippen LogP contribution in [0.1, 0.15) is 48.9 Å². The van der Waals surface area contributed by atoms with Gasteiger partial charge in [0, 0.05) is 36.3 Å². The number of nitrogens with zero attached hydrogens (tertiary/aromatic N) is 4. The Kier molecular flexibility index (Phi) is 3.67. The van der Waals surface area contributed by atoms with Gasteiger partial charge in [0.1, 0.15) is 5.82 Å². The Morgan fingerprint density at radius 3 is 2.80 bits per heavy atom. The van der Waals surface area contributed by atoms with Gasteiger partial charge in [-0.3, -0.25) is 4.79 Å². The SMILES string of the molecule is Cc1ccc(-n2cccn2)c(C2CC(=O)Nc3c2cnn3C(C)C)c1. The monoisotopic (exact) mass is 335 g/mol. The Bertz CT molecular complexity index is 923. The van der Waals surface area contributed by atoms with Gasteiger partial charge in [0.25, 0.3) is 0 Å². The van der Waals surface area contributed by atoms with Crippen molar-refractivity contribution < 1.29 is 4.79 Å². The molecule has 3 aromatic rings. The van der Waals surface area contributed by atoms with Gasteiger partial charge < -0.3 is 5.32 Å². The number of fused-ring (bicyclic) bond motifs is 1. The van der Waals surface area contributed by atoms with Crippen LogP contribution in [0.15, 0.2) is 42.9 Å². The minimum atomic E-state index is -0.0321. The number of hydrogen-bond acceptors (Lipinski definition) is 3. The number of hydrogen-bond donors (Lipinski definition) is 1. The first kappa shape index (κ1) is 15.6. The van der Waals surface area contributed by atoms with Gasteiger partial charge in [0.05, 0.1) is 11.9 Å². The van der Waals surface area contributed by atoms with Crippen LogP contribution in [0, 0.1) is 6.92 Å². The minimum Gasteiger partial charge on any atom is -0.311 e. The van der Waals surface area contributed by atoms with Crippen molar-refractivity contribution in [2.24, 2.45) is 0 Å². The quantitative estimate of drug-likeness (QED) is 0.797. The maximum atomic E-state index is 12.4. The summed E-state index contributed by atoms with van der Waals surface area (Å²) in [6, 6.07) is 8.38. The number of amides is 1. The summed E-state index contributed by atoms with van der Waals surface area (Å²) < 4.78 is 3.73. The Balaban J connectivity index is 1.89. The number of anilines is 1. The van der Waals surface area contributed by atoms with E-state index in [1.807, 2.05) is 27.8 Å². The first-order chi connectivity index (χ1) is 12.0. The van der Waals surface area contributed by atoms with Gasteiger partial charge >= 0.3 is 0 Å². The van der Waals surface area contributed by atoms with Crippen LogP contribution in [0.3, 0.4) is 0 Å². The van der Waals surface area contributed by atoms with Crippen molar-refractivity contribution >= 4 is 11.7 Å². The zero-order chi connectivity index (χ0) is 17.6. The number of benzene rings is 1. The van der Waals surface area contributed by atoms with Crippen molar-refractivity contribution in [1.82, 2.24) is 19.6 Å². The molecule has 0 radical (unpaired) electrons. The predicted molar refractivity (Wildman–Crippen MR) is 96.0 cm³/mol. The van der Waals surface area contributed by atoms with E-state index in [4.69, 9.17) is 0 Å². The molecule has 0 saturated carbocycles. The average molecular weight is 335 g/mol. The second-order valence-corrected chi connectivity index (χ2v) is 6.80. The molecular formula is C19H21N5O. The normalized spacial score (nSPS) is 16.8. The van der Waals surface area contributed by atoms with Crippen LogP contribution >= 0.6 is 0 Å². The molecule has 25 heavy (non-hydrogen) atoms. The fourth-order valence-electron chi connectivity index (χ4n) is 3.48. The second-order valence-electron chi connectivity index (χ2n) is 6.80. The van der Waals surface area contributed by atoms with Gasteiger partial charge in [-0.1, -0.05) is 17.7 Å². The zero-order valence-electron chi connectivity index (χ0n) is 14.6. The molecule has 0 aliphatic carbocycles. The number of carbonyl (C=O) groups is 1. The van der Waals surface area contributed by atoms with Crippen LogP contribution in [-0.4, -0.2) is 25.5 Å². The van der Waals surface area contributed by atoms with Crippen LogP contribution in [0.25, 0.3) is 5.69 Å². The molecule has 3 heterocycles. The summed E-state index contributed by atoms with van der Waals surface area (Å²) in [5.74, 6) is 0.798. The summed E-state index contributed by atoms with van der Waals surface area (Å²) in [5.41, 5.74) is 4.32. The highest BCUT2D eigenvalue weighted by Crippen LogP contribution is 2.40. The lowest BCUT2D eigenvalue weighted by atomic mass is 9.85. The van der Waals surface area contributed by atoms with Gasteiger partial charge in [-0.15, -0.1) is 0 Å². The highest BCUT2D eigenvalue weighted by Gasteiger charge is 2.32. The first-order valence-electron chi connectivity index (χ1n) is 8.52. The van der Waals surface area contributed by atoms with E-state index in [9.17, 15) is 4.79 Å². The Hall–Kier alpha value is -2.89. The molecule has 6 heteroatoms. The largest absolute Gasteiger partial charge is 0.311 e. The van der Waals surface area contributed by atoms with E-state index in [0.29, 0.717) is 6.42 Å². The molecule has 1 N–H and O–H groups in total. The molecule has 1 unspecified atom stereocenters. The van der Waals surface area contributed by atoms with E-state index >= 15 is 0 Å². The molecule has 1 amide bonds. The molecule has 0 spiro atoms. The molecule has 1 aliphatic heterocycles. The molecule has 2 aromatic heterocycles. The molecule has 1 aliphatic rings. The van der Waals surface area contributed by atoms with E-state index in [-0.39, 0.29) is 17.9 Å². The van der Waals surface area contributed by atoms with Gasteiger partial charge in [-0.05, 0) is 38.5 Å². The fourth-order valence-corrected chi connectivity index (χ4v) is 3.48. The van der Waals surface area contributed by atoms with E-state index in [0.717, 1.165) is 28.2 Å². The van der Waals surface area contributed by atoms with Crippen molar-refractivity contribution in [2.75, 3.05) is 5.32 Å². The molecular weight excluding hydrogens is 314 g/mol. The van der Waals surface area contributed by atoms with Crippen molar-refractivity contribution in [3.05, 3.63) is 59.5 Å². The van der Waals surface area contributed by atoms with Gasteiger partial charge in [-0.2, -0.15) is 10.2 Å². The van der Waals surface area contributed by atoms with Gasteiger partial charge in [0.2, 0.25) is 5.91 Å². The third-order valence-electron chi connectivity index (χ3n) is 4.65. The zero-order valence-corrected chi connectivity index (χ0v) is 14.6. The lowest BCUT2D eigenvalue weighted by molar-refractivity contribution is -0.116. The van der Waals surface area contributed by atoms with Crippen LogP contribution in [0.4, 0.5) is 5.82 Å². The van der Waals surface area contributed by atoms with Crippen molar-refractivity contribution in [1.29, 1.82) is 0 Å². The van der Waals surface area contributed by atoms with Crippen LogP contribution < -0.4 is 5.32 Å². The number of rotatable bonds is 3. The average Bonchev–Trinajstić information content (AvgIpc) is 3.23. The smallest absolute Gasteiger partial charge is 0.226 e. The maximum absolute atomic E-state index is 12.4. The predicted octanol–water partition coefficient (Wildman–Crippen LogP) is 3.43. The summed E-state index contributed by atoms with van der Waals surface area (Å²) in [4.78, 5) is 12.4. The van der Waals surface area contributed by atoms with E-state index in [2.05, 4.69) is 54.5 Å².